The number of hydrogen-bond donors (Lipinski definition) is 1. The van der Waals surface area contributed by atoms with Crippen LogP contribution in [-0.4, -0.2) is 18.5 Å². The van der Waals surface area contributed by atoms with Crippen molar-refractivity contribution < 1.29 is 27.5 Å². The molecule has 2 bridgehead atoms. The average Bonchev–Trinajstić information content (AvgIpc) is 3.16. The molecule has 142 valence electrons. The smallest absolute Gasteiger partial charge is 0.417 e. The molecule has 26 heavy (non-hydrogen) atoms. The van der Waals surface area contributed by atoms with E-state index in [4.69, 9.17) is 16.3 Å². The van der Waals surface area contributed by atoms with Crippen LogP contribution in [0.2, 0.25) is 5.02 Å². The van der Waals surface area contributed by atoms with Crippen LogP contribution in [0.3, 0.4) is 0 Å². The lowest BCUT2D eigenvalue weighted by molar-refractivity contribution is -0.148. The Balaban J connectivity index is 1.47. The van der Waals surface area contributed by atoms with E-state index in [9.17, 15) is 22.8 Å². The molecule has 0 saturated heterocycles. The van der Waals surface area contributed by atoms with Gasteiger partial charge in [0.15, 0.2) is 6.61 Å². The first kappa shape index (κ1) is 19.0. The fourth-order valence-electron chi connectivity index (χ4n) is 4.06. The van der Waals surface area contributed by atoms with Crippen molar-refractivity contribution in [2.24, 2.45) is 17.8 Å². The van der Waals surface area contributed by atoms with Crippen LogP contribution >= 0.6 is 11.6 Å². The molecule has 0 aromatic heterocycles. The highest BCUT2D eigenvalue weighted by Crippen LogP contribution is 2.49. The summed E-state index contributed by atoms with van der Waals surface area (Å²) in [7, 11) is 0. The first-order chi connectivity index (χ1) is 12.2. The van der Waals surface area contributed by atoms with Gasteiger partial charge in [-0.25, -0.2) is 0 Å². The van der Waals surface area contributed by atoms with Crippen LogP contribution in [0.5, 0.6) is 0 Å². The van der Waals surface area contributed by atoms with Gasteiger partial charge in [-0.3, -0.25) is 9.59 Å². The van der Waals surface area contributed by atoms with E-state index in [0.717, 1.165) is 25.0 Å². The summed E-state index contributed by atoms with van der Waals surface area (Å²) in [6, 6.07) is 3.06. The standard InChI is InChI=1S/C18H19ClF3NO3/c19-15-4-3-13(8-14(15)18(20,21)22)23-16(24)9-26-17(25)7-12-6-10-1-2-11(12)5-10/h3-4,8,10-12H,1-2,5-7,9H2,(H,23,24)/t10-,11+,12-/m0/s1. The summed E-state index contributed by atoms with van der Waals surface area (Å²) in [6.45, 7) is -0.524. The minimum atomic E-state index is -4.62. The molecular weight excluding hydrogens is 371 g/mol. The number of nitrogens with one attached hydrogen (secondary N) is 1. The molecule has 1 aromatic rings. The van der Waals surface area contributed by atoms with E-state index in [1.54, 1.807) is 0 Å². The fourth-order valence-corrected chi connectivity index (χ4v) is 4.29. The molecule has 0 radical (unpaired) electrons. The zero-order chi connectivity index (χ0) is 18.9. The van der Waals surface area contributed by atoms with Gasteiger partial charge in [-0.1, -0.05) is 18.0 Å². The average molecular weight is 390 g/mol. The monoisotopic (exact) mass is 389 g/mol. The van der Waals surface area contributed by atoms with Crippen LogP contribution in [0.25, 0.3) is 0 Å². The van der Waals surface area contributed by atoms with E-state index in [1.165, 1.54) is 18.9 Å². The van der Waals surface area contributed by atoms with Crippen molar-refractivity contribution >= 4 is 29.2 Å². The minimum absolute atomic E-state index is 0.0594. The van der Waals surface area contributed by atoms with Crippen molar-refractivity contribution in [1.29, 1.82) is 0 Å². The van der Waals surface area contributed by atoms with Crippen molar-refractivity contribution in [3.05, 3.63) is 28.8 Å². The number of halogens is 4. The molecule has 1 N–H and O–H groups in total. The number of carbonyl (C=O) groups excluding carboxylic acids is 2. The van der Waals surface area contributed by atoms with Gasteiger partial charge in [0.05, 0.1) is 10.6 Å². The molecule has 2 fully saturated rings. The Morgan fingerprint density at radius 3 is 2.62 bits per heavy atom. The summed E-state index contributed by atoms with van der Waals surface area (Å²) < 4.78 is 43.4. The lowest BCUT2D eigenvalue weighted by Crippen LogP contribution is -2.23. The maximum absolute atomic E-state index is 12.8. The van der Waals surface area contributed by atoms with Crippen LogP contribution in [0.4, 0.5) is 18.9 Å². The highest BCUT2D eigenvalue weighted by molar-refractivity contribution is 6.31. The van der Waals surface area contributed by atoms with E-state index in [-0.39, 0.29) is 5.69 Å². The molecule has 4 nitrogen and oxygen atoms in total. The number of anilines is 1. The highest BCUT2D eigenvalue weighted by atomic mass is 35.5. The number of rotatable bonds is 5. The predicted molar refractivity (Wildman–Crippen MR) is 89.6 cm³/mol. The molecule has 0 unspecified atom stereocenters. The molecule has 0 spiro atoms. The maximum atomic E-state index is 12.8. The Hall–Kier alpha value is -1.76. The second-order valence-electron chi connectivity index (χ2n) is 7.04. The second kappa shape index (κ2) is 7.47. The molecule has 3 atom stereocenters. The number of benzene rings is 1. The Bertz CT molecular complexity index is 707. The molecule has 0 aliphatic heterocycles. The summed E-state index contributed by atoms with van der Waals surface area (Å²) in [5.74, 6) is 0.492. The van der Waals surface area contributed by atoms with Crippen molar-refractivity contribution in [3.8, 4) is 0 Å². The van der Waals surface area contributed by atoms with Crippen molar-refractivity contribution in [2.45, 2.75) is 38.3 Å². The highest BCUT2D eigenvalue weighted by Gasteiger charge is 2.40. The summed E-state index contributed by atoms with van der Waals surface area (Å²) in [5.41, 5.74) is -1.10. The van der Waals surface area contributed by atoms with E-state index >= 15 is 0 Å². The van der Waals surface area contributed by atoms with Gasteiger partial charge in [0.1, 0.15) is 0 Å². The number of fused-ring (bicyclic) bond motifs is 2. The van der Waals surface area contributed by atoms with Crippen LogP contribution < -0.4 is 5.32 Å². The summed E-state index contributed by atoms with van der Waals surface area (Å²) >= 11 is 5.53. The normalized spacial score (nSPS) is 24.5. The van der Waals surface area contributed by atoms with Gasteiger partial charge in [0.25, 0.3) is 5.91 Å². The van der Waals surface area contributed by atoms with E-state index in [2.05, 4.69) is 5.32 Å². The quantitative estimate of drug-likeness (QED) is 0.745. The number of ether oxygens (including phenoxy) is 1. The maximum Gasteiger partial charge on any atom is 0.417 e. The largest absolute Gasteiger partial charge is 0.456 e. The third-order valence-electron chi connectivity index (χ3n) is 5.23. The van der Waals surface area contributed by atoms with Gasteiger partial charge in [-0.05, 0) is 55.2 Å². The predicted octanol–water partition coefficient (Wildman–Crippen LogP) is 4.67. The lowest BCUT2D eigenvalue weighted by Gasteiger charge is -2.20. The van der Waals surface area contributed by atoms with Crippen LogP contribution in [0, 0.1) is 17.8 Å². The molecular formula is C18H19ClF3NO3. The van der Waals surface area contributed by atoms with Crippen molar-refractivity contribution in [3.63, 3.8) is 0 Å². The van der Waals surface area contributed by atoms with Gasteiger partial charge in [0, 0.05) is 12.1 Å². The number of esters is 1. The van der Waals surface area contributed by atoms with Gasteiger partial charge in [0.2, 0.25) is 0 Å². The fraction of sp³-hybridized carbons (Fsp3) is 0.556. The SMILES string of the molecule is O=C(COC(=O)C[C@@H]1C[C@H]2CC[C@@H]1C2)Nc1ccc(Cl)c(C(F)(F)F)c1. The molecule has 2 saturated carbocycles. The van der Waals surface area contributed by atoms with Gasteiger partial charge in [-0.2, -0.15) is 13.2 Å². The minimum Gasteiger partial charge on any atom is -0.456 e. The van der Waals surface area contributed by atoms with Crippen LogP contribution in [0.1, 0.15) is 37.7 Å². The Morgan fingerprint density at radius 2 is 2.00 bits per heavy atom. The summed E-state index contributed by atoms with van der Waals surface area (Å²) in [5, 5.41) is 1.83. The first-order valence-corrected chi connectivity index (χ1v) is 8.92. The number of hydrogen-bond acceptors (Lipinski definition) is 3. The van der Waals surface area contributed by atoms with E-state index < -0.39 is 35.2 Å². The molecule has 1 aromatic carbocycles. The zero-order valence-corrected chi connectivity index (χ0v) is 14.7. The number of carbonyl (C=O) groups is 2. The molecule has 2 aliphatic rings. The van der Waals surface area contributed by atoms with Gasteiger partial charge in [-0.15, -0.1) is 0 Å². The lowest BCUT2D eigenvalue weighted by atomic mass is 9.86. The van der Waals surface area contributed by atoms with Gasteiger partial charge < -0.3 is 10.1 Å². The molecule has 3 rings (SSSR count). The molecule has 2 aliphatic carbocycles. The Labute approximate surface area is 154 Å². The summed E-state index contributed by atoms with van der Waals surface area (Å²) in [4.78, 5) is 23.7. The second-order valence-corrected chi connectivity index (χ2v) is 7.45. The van der Waals surface area contributed by atoms with Crippen LogP contribution in [-0.2, 0) is 20.5 Å². The number of alkyl halides is 3. The van der Waals surface area contributed by atoms with Crippen LogP contribution in [0.15, 0.2) is 18.2 Å². The van der Waals surface area contributed by atoms with Gasteiger partial charge >= 0.3 is 12.1 Å². The Kier molecular flexibility index (Phi) is 5.46. The molecule has 0 heterocycles. The van der Waals surface area contributed by atoms with Crippen molar-refractivity contribution in [2.75, 3.05) is 11.9 Å². The van der Waals surface area contributed by atoms with E-state index in [0.29, 0.717) is 24.2 Å². The Morgan fingerprint density at radius 1 is 1.23 bits per heavy atom. The summed E-state index contributed by atoms with van der Waals surface area (Å²) in [6.07, 6.45) is 0.285. The molecule has 1 amide bonds. The van der Waals surface area contributed by atoms with E-state index in [1.807, 2.05) is 0 Å². The zero-order valence-electron chi connectivity index (χ0n) is 13.9. The number of amides is 1. The van der Waals surface area contributed by atoms with Crippen molar-refractivity contribution in [1.82, 2.24) is 0 Å². The topological polar surface area (TPSA) is 55.4 Å². The third kappa shape index (κ3) is 4.50. The first-order valence-electron chi connectivity index (χ1n) is 8.54. The third-order valence-corrected chi connectivity index (χ3v) is 5.56. The molecule has 8 heteroatoms.